The van der Waals surface area contributed by atoms with Crippen molar-refractivity contribution in [1.29, 1.82) is 0 Å². The van der Waals surface area contributed by atoms with Gasteiger partial charge in [0.25, 0.3) is 0 Å². The van der Waals surface area contributed by atoms with Crippen molar-refractivity contribution in [1.82, 2.24) is 19.4 Å². The van der Waals surface area contributed by atoms with E-state index in [0.29, 0.717) is 23.1 Å². The fourth-order valence-electron chi connectivity index (χ4n) is 5.10. The molecule has 2 aliphatic heterocycles. The lowest BCUT2D eigenvalue weighted by molar-refractivity contribution is -0.137. The number of imidazole rings is 1. The third kappa shape index (κ3) is 4.57. The molecule has 1 aromatic heterocycles. The van der Waals surface area contributed by atoms with E-state index in [9.17, 15) is 4.79 Å². The molecule has 2 saturated heterocycles. The zero-order valence-electron chi connectivity index (χ0n) is 18.9. The van der Waals surface area contributed by atoms with Gasteiger partial charge < -0.3 is 14.4 Å². The van der Waals surface area contributed by atoms with Gasteiger partial charge in [-0.25, -0.2) is 4.98 Å². The molecule has 0 unspecified atom stereocenters. The minimum atomic E-state index is 0.0507. The van der Waals surface area contributed by atoms with Gasteiger partial charge in [0.15, 0.2) is 0 Å². The molecule has 2 aliphatic rings. The maximum Gasteiger partial charge on any atom is 0.227 e. The number of anilines is 1. The molecule has 3 heterocycles. The summed E-state index contributed by atoms with van der Waals surface area (Å²) in [7, 11) is 2.07. The van der Waals surface area contributed by atoms with Crippen molar-refractivity contribution in [2.75, 3.05) is 44.2 Å². The van der Waals surface area contributed by atoms with Gasteiger partial charge in [0.1, 0.15) is 5.82 Å². The minimum absolute atomic E-state index is 0.0507. The van der Waals surface area contributed by atoms with Crippen molar-refractivity contribution < 1.29 is 4.79 Å². The van der Waals surface area contributed by atoms with E-state index in [1.807, 2.05) is 29.2 Å². The number of hydrogen-bond acceptors (Lipinski definition) is 4. The number of aromatic nitrogens is 2. The van der Waals surface area contributed by atoms with Crippen LogP contribution in [0.25, 0.3) is 11.0 Å². The van der Waals surface area contributed by atoms with E-state index in [4.69, 9.17) is 28.2 Å². The number of para-hydroxylation sites is 2. The van der Waals surface area contributed by atoms with Gasteiger partial charge in [-0.3, -0.25) is 9.69 Å². The lowest BCUT2D eigenvalue weighted by Gasteiger charge is -2.40. The molecule has 1 amide bonds. The average Bonchev–Trinajstić information content (AvgIpc) is 3.16. The number of carbonyl (C=O) groups is 1. The molecular formula is C25H29Cl2N5O. The van der Waals surface area contributed by atoms with Crippen LogP contribution in [0.4, 0.5) is 5.69 Å². The van der Waals surface area contributed by atoms with Gasteiger partial charge in [-0.1, -0.05) is 41.4 Å². The highest BCUT2D eigenvalue weighted by Crippen LogP contribution is 2.33. The normalized spacial score (nSPS) is 19.9. The van der Waals surface area contributed by atoms with Gasteiger partial charge >= 0.3 is 0 Å². The number of nitrogens with zero attached hydrogens (tertiary/aromatic N) is 5. The molecule has 0 saturated carbocycles. The SMILES string of the molecule is Cn1c(CN2CCC[C@@H](C(=O)N3CCN(c4cccc(Cl)c4Cl)CC3)C2)nc2ccccc21. The second kappa shape index (κ2) is 9.53. The zero-order chi connectivity index (χ0) is 22.9. The van der Waals surface area contributed by atoms with Gasteiger partial charge in [-0.2, -0.15) is 0 Å². The van der Waals surface area contributed by atoms with Crippen molar-refractivity contribution in [3.63, 3.8) is 0 Å². The van der Waals surface area contributed by atoms with Crippen molar-refractivity contribution in [3.8, 4) is 0 Å². The van der Waals surface area contributed by atoms with Crippen LogP contribution >= 0.6 is 23.2 Å². The fourth-order valence-corrected chi connectivity index (χ4v) is 5.52. The van der Waals surface area contributed by atoms with Crippen molar-refractivity contribution in [2.24, 2.45) is 13.0 Å². The molecule has 2 aromatic carbocycles. The molecule has 0 spiro atoms. The van der Waals surface area contributed by atoms with Gasteiger partial charge in [0.2, 0.25) is 5.91 Å². The highest BCUT2D eigenvalue weighted by atomic mass is 35.5. The van der Waals surface area contributed by atoms with Gasteiger partial charge in [-0.15, -0.1) is 0 Å². The lowest BCUT2D eigenvalue weighted by Crippen LogP contribution is -2.52. The summed E-state index contributed by atoms with van der Waals surface area (Å²) in [6, 6.07) is 13.9. The largest absolute Gasteiger partial charge is 0.367 e. The number of benzene rings is 2. The van der Waals surface area contributed by atoms with E-state index in [-0.39, 0.29) is 11.8 Å². The van der Waals surface area contributed by atoms with E-state index < -0.39 is 0 Å². The van der Waals surface area contributed by atoms with E-state index in [0.717, 1.165) is 68.1 Å². The number of hydrogen-bond donors (Lipinski definition) is 0. The Morgan fingerprint density at radius 3 is 2.61 bits per heavy atom. The molecule has 6 nitrogen and oxygen atoms in total. The average molecular weight is 486 g/mol. The van der Waals surface area contributed by atoms with E-state index in [1.165, 1.54) is 0 Å². The Balaban J connectivity index is 1.20. The number of likely N-dealkylation sites (tertiary alicyclic amines) is 1. The third-order valence-electron chi connectivity index (χ3n) is 6.96. The van der Waals surface area contributed by atoms with Crippen LogP contribution in [0, 0.1) is 5.92 Å². The van der Waals surface area contributed by atoms with Crippen LogP contribution in [0.1, 0.15) is 18.7 Å². The Morgan fingerprint density at radius 2 is 1.82 bits per heavy atom. The summed E-state index contributed by atoms with van der Waals surface area (Å²) < 4.78 is 2.17. The number of piperidine rings is 1. The summed E-state index contributed by atoms with van der Waals surface area (Å²) in [6.45, 7) is 5.53. The predicted molar refractivity (Wildman–Crippen MR) is 134 cm³/mol. The predicted octanol–water partition coefficient (Wildman–Crippen LogP) is 4.44. The molecule has 0 N–H and O–H groups in total. The van der Waals surface area contributed by atoms with Crippen molar-refractivity contribution >= 4 is 45.8 Å². The number of piperazine rings is 1. The Kier molecular flexibility index (Phi) is 6.50. The number of fused-ring (bicyclic) bond motifs is 1. The number of rotatable bonds is 4. The number of halogens is 2. The summed E-state index contributed by atoms with van der Waals surface area (Å²) >= 11 is 12.6. The first-order chi connectivity index (χ1) is 16.0. The molecule has 2 fully saturated rings. The molecule has 0 bridgehead atoms. The molecule has 8 heteroatoms. The monoisotopic (exact) mass is 485 g/mol. The van der Waals surface area contributed by atoms with Crippen LogP contribution in [-0.4, -0.2) is 64.5 Å². The Hall–Kier alpha value is -2.28. The van der Waals surface area contributed by atoms with Gasteiger partial charge in [0.05, 0.1) is 39.2 Å². The second-order valence-electron chi connectivity index (χ2n) is 9.04. The van der Waals surface area contributed by atoms with Crippen LogP contribution in [0.5, 0.6) is 0 Å². The van der Waals surface area contributed by atoms with E-state index in [2.05, 4.69) is 33.5 Å². The number of carbonyl (C=O) groups excluding carboxylic acids is 1. The van der Waals surface area contributed by atoms with Crippen LogP contribution in [0.3, 0.4) is 0 Å². The zero-order valence-corrected chi connectivity index (χ0v) is 20.4. The van der Waals surface area contributed by atoms with Crippen LogP contribution < -0.4 is 4.90 Å². The quantitative estimate of drug-likeness (QED) is 0.547. The van der Waals surface area contributed by atoms with Gasteiger partial charge in [-0.05, 0) is 43.7 Å². The van der Waals surface area contributed by atoms with Crippen LogP contribution in [0.2, 0.25) is 10.0 Å². The summed E-state index contributed by atoms with van der Waals surface area (Å²) in [5.41, 5.74) is 3.12. The standard InChI is InChI=1S/C25H29Cl2N5O/c1-29-21-9-3-2-8-20(21)28-23(29)17-30-11-5-6-18(16-30)25(33)32-14-12-31(13-15-32)22-10-4-7-19(26)24(22)27/h2-4,7-10,18H,5-6,11-17H2,1H3/t18-/m1/s1. The first kappa shape index (κ1) is 22.5. The van der Waals surface area contributed by atoms with Crippen molar-refractivity contribution in [3.05, 3.63) is 58.3 Å². The molecule has 3 aromatic rings. The molecular weight excluding hydrogens is 457 g/mol. The molecule has 5 rings (SSSR count). The van der Waals surface area contributed by atoms with E-state index in [1.54, 1.807) is 6.07 Å². The summed E-state index contributed by atoms with van der Waals surface area (Å²) in [4.78, 5) is 24.8. The van der Waals surface area contributed by atoms with Crippen LogP contribution in [-0.2, 0) is 18.4 Å². The fraction of sp³-hybridized carbons (Fsp3) is 0.440. The Bertz CT molecular complexity index is 1150. The molecule has 0 radical (unpaired) electrons. The molecule has 174 valence electrons. The molecule has 33 heavy (non-hydrogen) atoms. The van der Waals surface area contributed by atoms with Gasteiger partial charge in [0, 0.05) is 39.8 Å². The third-order valence-corrected chi connectivity index (χ3v) is 7.77. The Labute approximate surface area is 204 Å². The highest BCUT2D eigenvalue weighted by Gasteiger charge is 2.32. The van der Waals surface area contributed by atoms with E-state index >= 15 is 0 Å². The summed E-state index contributed by atoms with van der Waals surface area (Å²) in [6.07, 6.45) is 2.00. The smallest absolute Gasteiger partial charge is 0.227 e. The minimum Gasteiger partial charge on any atom is -0.367 e. The lowest BCUT2D eigenvalue weighted by atomic mass is 9.96. The number of aryl methyl sites for hydroxylation is 1. The topological polar surface area (TPSA) is 44.6 Å². The number of amides is 1. The first-order valence-electron chi connectivity index (χ1n) is 11.6. The Morgan fingerprint density at radius 1 is 1.03 bits per heavy atom. The van der Waals surface area contributed by atoms with Crippen molar-refractivity contribution in [2.45, 2.75) is 19.4 Å². The highest BCUT2D eigenvalue weighted by molar-refractivity contribution is 6.43. The molecule has 1 atom stereocenters. The second-order valence-corrected chi connectivity index (χ2v) is 9.82. The maximum absolute atomic E-state index is 13.3. The summed E-state index contributed by atoms with van der Waals surface area (Å²) in [5.74, 6) is 1.38. The van der Waals surface area contributed by atoms with Crippen LogP contribution in [0.15, 0.2) is 42.5 Å². The maximum atomic E-state index is 13.3. The summed E-state index contributed by atoms with van der Waals surface area (Å²) in [5, 5.41) is 1.15. The molecule has 0 aliphatic carbocycles. The first-order valence-corrected chi connectivity index (χ1v) is 12.4.